The Hall–Kier alpha value is -1.79. The van der Waals surface area contributed by atoms with E-state index in [0.717, 1.165) is 10.8 Å². The molecule has 0 saturated heterocycles. The Labute approximate surface area is 108 Å². The molecule has 0 amide bonds. The predicted octanol–water partition coefficient (Wildman–Crippen LogP) is 2.27. The van der Waals surface area contributed by atoms with Gasteiger partial charge < -0.3 is 9.84 Å². The van der Waals surface area contributed by atoms with Crippen molar-refractivity contribution in [2.45, 2.75) is 5.16 Å². The van der Waals surface area contributed by atoms with E-state index in [1.165, 1.54) is 11.8 Å². The number of carboxylic acids is 1. The number of ether oxygens (including phenoxy) is 1. The molecule has 0 unspecified atom stereocenters. The van der Waals surface area contributed by atoms with Crippen molar-refractivity contribution in [3.05, 3.63) is 42.2 Å². The van der Waals surface area contributed by atoms with Crippen LogP contribution in [0.25, 0.3) is 5.69 Å². The molecule has 2 rings (SSSR count). The number of aromatic nitrogens is 2. The van der Waals surface area contributed by atoms with Crippen LogP contribution in [0.2, 0.25) is 0 Å². The van der Waals surface area contributed by atoms with Gasteiger partial charge in [-0.2, -0.15) is 0 Å². The standard InChI is InChI=1S/C12H12N2O3S/c1-17-8-18-12-13-5-6-14(12)10-4-2-3-9(7-10)11(15)16/h2-7H,8H2,1H3,(H,15,16). The van der Waals surface area contributed by atoms with Crippen LogP contribution >= 0.6 is 11.8 Å². The first-order valence-electron chi connectivity index (χ1n) is 5.21. The van der Waals surface area contributed by atoms with Gasteiger partial charge in [0.05, 0.1) is 11.5 Å². The molecule has 1 N–H and O–H groups in total. The summed E-state index contributed by atoms with van der Waals surface area (Å²) in [7, 11) is 1.62. The van der Waals surface area contributed by atoms with E-state index in [9.17, 15) is 4.79 Å². The molecule has 0 spiro atoms. The third-order valence-electron chi connectivity index (χ3n) is 2.28. The number of imidazole rings is 1. The minimum Gasteiger partial charge on any atom is -0.478 e. The number of rotatable bonds is 5. The zero-order chi connectivity index (χ0) is 13.0. The third kappa shape index (κ3) is 2.72. The number of methoxy groups -OCH3 is 1. The lowest BCUT2D eigenvalue weighted by Gasteiger charge is -2.07. The maximum atomic E-state index is 10.9. The molecule has 94 valence electrons. The van der Waals surface area contributed by atoms with E-state index in [2.05, 4.69) is 4.98 Å². The van der Waals surface area contributed by atoms with Crippen LogP contribution in [0.3, 0.4) is 0 Å². The summed E-state index contributed by atoms with van der Waals surface area (Å²) in [5.74, 6) is -0.446. The van der Waals surface area contributed by atoms with Gasteiger partial charge in [-0.1, -0.05) is 17.8 Å². The molecule has 6 heteroatoms. The highest BCUT2D eigenvalue weighted by molar-refractivity contribution is 7.99. The maximum Gasteiger partial charge on any atom is 0.335 e. The number of aromatic carboxylic acids is 1. The monoisotopic (exact) mass is 264 g/mol. The fourth-order valence-corrected chi connectivity index (χ4v) is 2.16. The summed E-state index contributed by atoms with van der Waals surface area (Å²) in [5, 5.41) is 9.73. The fraction of sp³-hybridized carbons (Fsp3) is 0.167. The molecule has 1 aromatic carbocycles. The van der Waals surface area contributed by atoms with Crippen molar-refractivity contribution in [1.82, 2.24) is 9.55 Å². The Morgan fingerprint density at radius 1 is 1.56 bits per heavy atom. The van der Waals surface area contributed by atoms with Crippen LogP contribution in [-0.4, -0.2) is 33.7 Å². The first-order valence-corrected chi connectivity index (χ1v) is 6.19. The second kappa shape index (κ2) is 5.70. The number of hydrogen-bond donors (Lipinski definition) is 1. The van der Waals surface area contributed by atoms with Gasteiger partial charge in [-0.05, 0) is 18.2 Å². The molecule has 2 aromatic rings. The third-order valence-corrected chi connectivity index (χ3v) is 3.20. The van der Waals surface area contributed by atoms with Crippen molar-refractivity contribution in [2.75, 3.05) is 13.0 Å². The van der Waals surface area contributed by atoms with Crippen molar-refractivity contribution in [1.29, 1.82) is 0 Å². The van der Waals surface area contributed by atoms with E-state index in [-0.39, 0.29) is 5.56 Å². The van der Waals surface area contributed by atoms with Gasteiger partial charge in [0.15, 0.2) is 5.16 Å². The molecule has 0 aliphatic rings. The van der Waals surface area contributed by atoms with Gasteiger partial charge in [0.1, 0.15) is 0 Å². The average molecular weight is 264 g/mol. The first-order chi connectivity index (χ1) is 8.72. The molecule has 0 fully saturated rings. The van der Waals surface area contributed by atoms with Crippen LogP contribution in [0.1, 0.15) is 10.4 Å². The minimum atomic E-state index is -0.942. The van der Waals surface area contributed by atoms with Gasteiger partial charge in [0.25, 0.3) is 0 Å². The van der Waals surface area contributed by atoms with E-state index in [1.54, 1.807) is 37.7 Å². The fourth-order valence-electron chi connectivity index (χ4n) is 1.49. The lowest BCUT2D eigenvalue weighted by Crippen LogP contribution is -2.00. The molecule has 1 aromatic heterocycles. The molecule has 0 atom stereocenters. The summed E-state index contributed by atoms with van der Waals surface area (Å²) < 4.78 is 6.81. The van der Waals surface area contributed by atoms with E-state index >= 15 is 0 Å². The lowest BCUT2D eigenvalue weighted by molar-refractivity contribution is 0.0697. The number of thioether (sulfide) groups is 1. The summed E-state index contributed by atoms with van der Waals surface area (Å²) in [6.07, 6.45) is 3.46. The van der Waals surface area contributed by atoms with Gasteiger partial charge in [0, 0.05) is 25.2 Å². The maximum absolute atomic E-state index is 10.9. The molecule has 18 heavy (non-hydrogen) atoms. The summed E-state index contributed by atoms with van der Waals surface area (Å²) in [5.41, 5.74) is 1.02. The molecule has 1 heterocycles. The van der Waals surface area contributed by atoms with Crippen LogP contribution in [-0.2, 0) is 4.74 Å². The Bertz CT molecular complexity index is 554. The topological polar surface area (TPSA) is 64.4 Å². The molecule has 5 nitrogen and oxygen atoms in total. The first kappa shape index (κ1) is 12.7. The second-order valence-electron chi connectivity index (χ2n) is 3.49. The summed E-state index contributed by atoms with van der Waals surface area (Å²) in [6, 6.07) is 6.72. The van der Waals surface area contributed by atoms with Crippen LogP contribution in [0.15, 0.2) is 41.8 Å². The zero-order valence-electron chi connectivity index (χ0n) is 9.74. The van der Waals surface area contributed by atoms with Gasteiger partial charge >= 0.3 is 5.97 Å². The van der Waals surface area contributed by atoms with E-state index in [0.29, 0.717) is 5.94 Å². The largest absolute Gasteiger partial charge is 0.478 e. The highest BCUT2D eigenvalue weighted by Gasteiger charge is 2.08. The Kier molecular flexibility index (Phi) is 4.01. The Morgan fingerprint density at radius 3 is 3.11 bits per heavy atom. The number of nitrogens with zero attached hydrogens (tertiary/aromatic N) is 2. The minimum absolute atomic E-state index is 0.254. The molecule has 0 radical (unpaired) electrons. The van der Waals surface area contributed by atoms with Crippen molar-refractivity contribution >= 4 is 17.7 Å². The second-order valence-corrected chi connectivity index (χ2v) is 4.38. The molecule has 0 aliphatic carbocycles. The normalized spacial score (nSPS) is 10.5. The SMILES string of the molecule is COCSc1nccn1-c1cccc(C(=O)O)c1. The Morgan fingerprint density at radius 2 is 2.39 bits per heavy atom. The van der Waals surface area contributed by atoms with Gasteiger partial charge in [-0.3, -0.25) is 4.57 Å². The van der Waals surface area contributed by atoms with E-state index in [4.69, 9.17) is 9.84 Å². The van der Waals surface area contributed by atoms with E-state index in [1.807, 2.05) is 10.6 Å². The quantitative estimate of drug-likeness (QED) is 0.663. The van der Waals surface area contributed by atoms with Gasteiger partial charge in [-0.15, -0.1) is 0 Å². The number of hydrogen-bond acceptors (Lipinski definition) is 4. The van der Waals surface area contributed by atoms with Crippen LogP contribution < -0.4 is 0 Å². The Balaban J connectivity index is 2.33. The lowest BCUT2D eigenvalue weighted by atomic mass is 10.2. The van der Waals surface area contributed by atoms with Crippen molar-refractivity contribution in [2.24, 2.45) is 0 Å². The molecule has 0 aliphatic heterocycles. The summed E-state index contributed by atoms with van der Waals surface area (Å²) in [6.45, 7) is 0. The number of carbonyl (C=O) groups is 1. The van der Waals surface area contributed by atoms with Crippen LogP contribution in [0.4, 0.5) is 0 Å². The smallest absolute Gasteiger partial charge is 0.335 e. The highest BCUT2D eigenvalue weighted by Crippen LogP contribution is 2.20. The zero-order valence-corrected chi connectivity index (χ0v) is 10.6. The van der Waals surface area contributed by atoms with Gasteiger partial charge in [-0.25, -0.2) is 9.78 Å². The summed E-state index contributed by atoms with van der Waals surface area (Å²) in [4.78, 5) is 15.1. The van der Waals surface area contributed by atoms with Gasteiger partial charge in [0.2, 0.25) is 0 Å². The average Bonchev–Trinajstić information content (AvgIpc) is 2.84. The molecular formula is C12H12N2O3S. The number of carboxylic acid groups (broad SMARTS) is 1. The van der Waals surface area contributed by atoms with Crippen molar-refractivity contribution in [3.63, 3.8) is 0 Å². The van der Waals surface area contributed by atoms with Crippen molar-refractivity contribution < 1.29 is 14.6 Å². The molecular weight excluding hydrogens is 252 g/mol. The molecule has 0 bridgehead atoms. The van der Waals surface area contributed by atoms with Crippen LogP contribution in [0, 0.1) is 0 Å². The summed E-state index contributed by atoms with van der Waals surface area (Å²) >= 11 is 1.44. The molecule has 0 saturated carbocycles. The number of benzene rings is 1. The van der Waals surface area contributed by atoms with E-state index < -0.39 is 5.97 Å². The van der Waals surface area contributed by atoms with Crippen molar-refractivity contribution in [3.8, 4) is 5.69 Å². The highest BCUT2D eigenvalue weighted by atomic mass is 32.2. The predicted molar refractivity (Wildman–Crippen MR) is 68.3 cm³/mol. The van der Waals surface area contributed by atoms with Crippen LogP contribution in [0.5, 0.6) is 0 Å².